The van der Waals surface area contributed by atoms with Gasteiger partial charge in [0.2, 0.25) is 0 Å². The van der Waals surface area contributed by atoms with E-state index in [1.165, 1.54) is 0 Å². The lowest BCUT2D eigenvalue weighted by atomic mass is 10.2. The molecular weight excluding hydrogens is 278 g/mol. The van der Waals surface area contributed by atoms with Crippen LogP contribution in [0.4, 0.5) is 0 Å². The van der Waals surface area contributed by atoms with Gasteiger partial charge in [-0.15, -0.1) is 11.8 Å². The first kappa shape index (κ1) is 14.2. The molecule has 0 aliphatic carbocycles. The standard InChI is InChI=1S/C15H16ClNOS/c1-10-7-13(11(2)17-10)15(18)9-19-8-12-5-3-4-6-14(12)16/h3-7,17H,8-9H2,1-2H3. The molecule has 1 aromatic carbocycles. The third kappa shape index (κ3) is 3.64. The largest absolute Gasteiger partial charge is 0.362 e. The molecule has 0 spiro atoms. The molecule has 0 aliphatic heterocycles. The van der Waals surface area contributed by atoms with Crippen molar-refractivity contribution in [3.05, 3.63) is 57.9 Å². The molecule has 2 nitrogen and oxygen atoms in total. The fourth-order valence-electron chi connectivity index (χ4n) is 1.96. The van der Waals surface area contributed by atoms with E-state index in [0.29, 0.717) is 5.75 Å². The smallest absolute Gasteiger partial charge is 0.174 e. The molecule has 0 bridgehead atoms. The summed E-state index contributed by atoms with van der Waals surface area (Å²) in [6, 6.07) is 9.65. The number of aromatic nitrogens is 1. The van der Waals surface area contributed by atoms with Gasteiger partial charge in [-0.1, -0.05) is 29.8 Å². The molecule has 1 aromatic heterocycles. The van der Waals surface area contributed by atoms with Crippen molar-refractivity contribution in [2.45, 2.75) is 19.6 Å². The number of carbonyl (C=O) groups is 1. The van der Waals surface area contributed by atoms with Gasteiger partial charge < -0.3 is 4.98 Å². The van der Waals surface area contributed by atoms with Crippen LogP contribution in [0.5, 0.6) is 0 Å². The van der Waals surface area contributed by atoms with Gasteiger partial charge in [0.25, 0.3) is 0 Å². The SMILES string of the molecule is Cc1cc(C(=O)CSCc2ccccc2Cl)c(C)[nH]1. The number of aryl methyl sites for hydroxylation is 2. The molecule has 1 N–H and O–H groups in total. The maximum atomic E-state index is 12.1. The zero-order valence-corrected chi connectivity index (χ0v) is 12.6. The molecule has 100 valence electrons. The van der Waals surface area contributed by atoms with Crippen LogP contribution in [0.15, 0.2) is 30.3 Å². The lowest BCUT2D eigenvalue weighted by Crippen LogP contribution is -2.03. The second-order valence-electron chi connectivity index (χ2n) is 4.50. The van der Waals surface area contributed by atoms with Gasteiger partial charge in [-0.05, 0) is 31.5 Å². The summed E-state index contributed by atoms with van der Waals surface area (Å²) in [6.07, 6.45) is 0. The minimum Gasteiger partial charge on any atom is -0.362 e. The number of hydrogen-bond donors (Lipinski definition) is 1. The van der Waals surface area contributed by atoms with E-state index in [-0.39, 0.29) is 5.78 Å². The summed E-state index contributed by atoms with van der Waals surface area (Å²) in [4.78, 5) is 15.2. The first-order valence-corrected chi connectivity index (χ1v) is 7.61. The van der Waals surface area contributed by atoms with Gasteiger partial charge in [0, 0.05) is 27.7 Å². The van der Waals surface area contributed by atoms with Gasteiger partial charge in [-0.2, -0.15) is 0 Å². The van der Waals surface area contributed by atoms with Crippen LogP contribution in [0.1, 0.15) is 27.3 Å². The summed E-state index contributed by atoms with van der Waals surface area (Å²) in [5.74, 6) is 1.40. The Morgan fingerprint density at radius 1 is 1.32 bits per heavy atom. The summed E-state index contributed by atoms with van der Waals surface area (Å²) in [5.41, 5.74) is 3.84. The average molecular weight is 294 g/mol. The number of benzene rings is 1. The van der Waals surface area contributed by atoms with E-state index in [2.05, 4.69) is 4.98 Å². The zero-order valence-electron chi connectivity index (χ0n) is 11.0. The maximum Gasteiger partial charge on any atom is 0.174 e. The summed E-state index contributed by atoms with van der Waals surface area (Å²) in [7, 11) is 0. The second kappa shape index (κ2) is 6.31. The van der Waals surface area contributed by atoms with Gasteiger partial charge in [0.15, 0.2) is 5.78 Å². The van der Waals surface area contributed by atoms with Crippen LogP contribution in [0.3, 0.4) is 0 Å². The zero-order chi connectivity index (χ0) is 13.8. The van der Waals surface area contributed by atoms with Crippen molar-refractivity contribution in [1.29, 1.82) is 0 Å². The molecule has 0 saturated heterocycles. The second-order valence-corrected chi connectivity index (χ2v) is 5.89. The number of hydrogen-bond acceptors (Lipinski definition) is 2. The molecule has 2 aromatic rings. The van der Waals surface area contributed by atoms with Crippen molar-refractivity contribution in [3.63, 3.8) is 0 Å². The highest BCUT2D eigenvalue weighted by Crippen LogP contribution is 2.22. The van der Waals surface area contributed by atoms with E-state index in [4.69, 9.17) is 11.6 Å². The van der Waals surface area contributed by atoms with Crippen LogP contribution < -0.4 is 0 Å². The van der Waals surface area contributed by atoms with Crippen molar-refractivity contribution in [3.8, 4) is 0 Å². The third-order valence-electron chi connectivity index (χ3n) is 2.90. The molecule has 1 heterocycles. The lowest BCUT2D eigenvalue weighted by Gasteiger charge is -2.03. The van der Waals surface area contributed by atoms with Crippen molar-refractivity contribution >= 4 is 29.1 Å². The highest BCUT2D eigenvalue weighted by atomic mass is 35.5. The number of Topliss-reactive ketones (excluding diaryl/α,β-unsaturated/α-hetero) is 1. The van der Waals surface area contributed by atoms with E-state index >= 15 is 0 Å². The Bertz CT molecular complexity index is 592. The fourth-order valence-corrected chi connectivity index (χ4v) is 3.16. The molecule has 0 atom stereocenters. The van der Waals surface area contributed by atoms with Gasteiger partial charge in [0.1, 0.15) is 0 Å². The van der Waals surface area contributed by atoms with Crippen LogP contribution in [-0.2, 0) is 5.75 Å². The van der Waals surface area contributed by atoms with Gasteiger partial charge in [0.05, 0.1) is 5.75 Å². The van der Waals surface area contributed by atoms with E-state index in [0.717, 1.165) is 33.3 Å². The van der Waals surface area contributed by atoms with E-state index in [1.807, 2.05) is 44.2 Å². The summed E-state index contributed by atoms with van der Waals surface area (Å²) in [6.45, 7) is 3.89. The van der Waals surface area contributed by atoms with Crippen LogP contribution in [-0.4, -0.2) is 16.5 Å². The highest BCUT2D eigenvalue weighted by Gasteiger charge is 2.11. The molecule has 0 fully saturated rings. The number of halogens is 1. The normalized spacial score (nSPS) is 10.7. The lowest BCUT2D eigenvalue weighted by molar-refractivity contribution is 0.102. The molecular formula is C15H16ClNOS. The Morgan fingerprint density at radius 2 is 2.05 bits per heavy atom. The average Bonchev–Trinajstić information content (AvgIpc) is 2.71. The fraction of sp³-hybridized carbons (Fsp3) is 0.267. The molecule has 0 saturated carbocycles. The number of H-pyrrole nitrogens is 1. The van der Waals surface area contributed by atoms with E-state index in [1.54, 1.807) is 11.8 Å². The van der Waals surface area contributed by atoms with Crippen molar-refractivity contribution in [2.24, 2.45) is 0 Å². The number of ketones is 1. The number of carbonyl (C=O) groups excluding carboxylic acids is 1. The predicted molar refractivity (Wildman–Crippen MR) is 82.2 cm³/mol. The van der Waals surface area contributed by atoms with Crippen LogP contribution in [0.2, 0.25) is 5.02 Å². The minimum atomic E-state index is 0.166. The Hall–Kier alpha value is -1.19. The van der Waals surface area contributed by atoms with Crippen LogP contribution in [0, 0.1) is 13.8 Å². The molecule has 4 heteroatoms. The molecule has 19 heavy (non-hydrogen) atoms. The summed E-state index contributed by atoms with van der Waals surface area (Å²) < 4.78 is 0. The first-order valence-electron chi connectivity index (χ1n) is 6.08. The molecule has 0 unspecified atom stereocenters. The molecule has 0 aliphatic rings. The first-order chi connectivity index (χ1) is 9.08. The molecule has 2 rings (SSSR count). The van der Waals surface area contributed by atoms with Crippen LogP contribution >= 0.6 is 23.4 Å². The highest BCUT2D eigenvalue weighted by molar-refractivity contribution is 7.99. The topological polar surface area (TPSA) is 32.9 Å². The number of nitrogens with one attached hydrogen (secondary N) is 1. The molecule has 0 radical (unpaired) electrons. The Morgan fingerprint density at radius 3 is 2.68 bits per heavy atom. The number of rotatable bonds is 5. The summed E-state index contributed by atoms with van der Waals surface area (Å²) in [5, 5.41) is 0.760. The number of thioether (sulfide) groups is 1. The van der Waals surface area contributed by atoms with Crippen LogP contribution in [0.25, 0.3) is 0 Å². The summed E-state index contributed by atoms with van der Waals surface area (Å²) >= 11 is 7.68. The Balaban J connectivity index is 1.91. The van der Waals surface area contributed by atoms with Crippen molar-refractivity contribution < 1.29 is 4.79 Å². The third-order valence-corrected chi connectivity index (χ3v) is 4.25. The quantitative estimate of drug-likeness (QED) is 0.829. The Labute approximate surface area is 122 Å². The van der Waals surface area contributed by atoms with Gasteiger partial charge in [-0.25, -0.2) is 0 Å². The monoisotopic (exact) mass is 293 g/mol. The predicted octanol–water partition coefficient (Wildman–Crippen LogP) is 4.40. The van der Waals surface area contributed by atoms with Gasteiger partial charge in [-0.3, -0.25) is 4.79 Å². The molecule has 0 amide bonds. The minimum absolute atomic E-state index is 0.166. The van der Waals surface area contributed by atoms with Crippen molar-refractivity contribution in [1.82, 2.24) is 4.98 Å². The van der Waals surface area contributed by atoms with E-state index < -0.39 is 0 Å². The van der Waals surface area contributed by atoms with E-state index in [9.17, 15) is 4.79 Å². The van der Waals surface area contributed by atoms with Gasteiger partial charge >= 0.3 is 0 Å². The number of aromatic amines is 1. The van der Waals surface area contributed by atoms with Crippen molar-refractivity contribution in [2.75, 3.05) is 5.75 Å². The Kier molecular flexibility index (Phi) is 4.72. The maximum absolute atomic E-state index is 12.1.